The number of tetrazole rings is 1. The number of H-pyrrole nitrogens is 1. The number of thiophene rings is 1. The summed E-state index contributed by atoms with van der Waals surface area (Å²) in [6, 6.07) is 1.60. The SMILES string of the molecule is Oc1ccsc1-c1nnn[nH]1. The minimum Gasteiger partial charge on any atom is -0.506 e. The van der Waals surface area contributed by atoms with E-state index in [9.17, 15) is 5.11 Å². The van der Waals surface area contributed by atoms with E-state index in [-0.39, 0.29) is 5.75 Å². The number of rotatable bonds is 1. The highest BCUT2D eigenvalue weighted by molar-refractivity contribution is 7.13. The Morgan fingerprint density at radius 1 is 1.55 bits per heavy atom. The third-order valence-corrected chi connectivity index (χ3v) is 2.12. The number of hydrogen-bond acceptors (Lipinski definition) is 5. The van der Waals surface area contributed by atoms with E-state index in [1.807, 2.05) is 0 Å². The van der Waals surface area contributed by atoms with Gasteiger partial charge in [-0.15, -0.1) is 16.4 Å². The van der Waals surface area contributed by atoms with E-state index in [0.29, 0.717) is 10.7 Å². The van der Waals surface area contributed by atoms with E-state index in [0.717, 1.165) is 0 Å². The van der Waals surface area contributed by atoms with Crippen LogP contribution in [0.1, 0.15) is 0 Å². The van der Waals surface area contributed by atoms with Crippen molar-refractivity contribution in [3.63, 3.8) is 0 Å². The van der Waals surface area contributed by atoms with Gasteiger partial charge < -0.3 is 5.11 Å². The number of aromatic hydroxyl groups is 1. The molecule has 0 bridgehead atoms. The maximum atomic E-state index is 9.22. The lowest BCUT2D eigenvalue weighted by Crippen LogP contribution is -1.75. The zero-order valence-corrected chi connectivity index (χ0v) is 6.17. The molecule has 11 heavy (non-hydrogen) atoms. The van der Waals surface area contributed by atoms with Crippen molar-refractivity contribution in [3.05, 3.63) is 11.4 Å². The highest BCUT2D eigenvalue weighted by Crippen LogP contribution is 2.30. The fraction of sp³-hybridized carbons (Fsp3) is 0. The summed E-state index contributed by atoms with van der Waals surface area (Å²) in [6.45, 7) is 0. The fourth-order valence-electron chi connectivity index (χ4n) is 0.735. The largest absolute Gasteiger partial charge is 0.506 e. The number of nitrogens with zero attached hydrogens (tertiary/aromatic N) is 3. The maximum absolute atomic E-state index is 9.22. The zero-order valence-electron chi connectivity index (χ0n) is 5.35. The lowest BCUT2D eigenvalue weighted by atomic mass is 10.4. The van der Waals surface area contributed by atoms with Crippen molar-refractivity contribution in [2.24, 2.45) is 0 Å². The summed E-state index contributed by atoms with van der Waals surface area (Å²) in [5.74, 6) is 0.700. The molecule has 0 fully saturated rings. The maximum Gasteiger partial charge on any atom is 0.193 e. The third-order valence-electron chi connectivity index (χ3n) is 1.20. The van der Waals surface area contributed by atoms with Gasteiger partial charge in [0.25, 0.3) is 0 Å². The molecule has 0 unspecified atom stereocenters. The molecule has 0 atom stereocenters. The van der Waals surface area contributed by atoms with Crippen molar-refractivity contribution >= 4 is 11.3 Å². The molecule has 2 N–H and O–H groups in total. The Labute approximate surface area is 65.7 Å². The van der Waals surface area contributed by atoms with Crippen LogP contribution < -0.4 is 0 Å². The van der Waals surface area contributed by atoms with Crippen molar-refractivity contribution in [1.82, 2.24) is 20.6 Å². The summed E-state index contributed by atoms with van der Waals surface area (Å²) < 4.78 is 0. The van der Waals surface area contributed by atoms with Gasteiger partial charge in [0.15, 0.2) is 5.82 Å². The van der Waals surface area contributed by atoms with Crippen LogP contribution >= 0.6 is 11.3 Å². The first-order valence-electron chi connectivity index (χ1n) is 2.88. The van der Waals surface area contributed by atoms with E-state index in [4.69, 9.17) is 0 Å². The highest BCUT2D eigenvalue weighted by atomic mass is 32.1. The molecular formula is C5H4N4OS. The van der Waals surface area contributed by atoms with Gasteiger partial charge in [-0.25, -0.2) is 5.10 Å². The summed E-state index contributed by atoms with van der Waals surface area (Å²) >= 11 is 1.38. The Hall–Kier alpha value is -1.43. The summed E-state index contributed by atoms with van der Waals surface area (Å²) in [7, 11) is 0. The lowest BCUT2D eigenvalue weighted by molar-refractivity contribution is 0.479. The van der Waals surface area contributed by atoms with Gasteiger partial charge in [0, 0.05) is 0 Å². The van der Waals surface area contributed by atoms with Crippen LogP contribution in [0.15, 0.2) is 11.4 Å². The van der Waals surface area contributed by atoms with Crippen molar-refractivity contribution < 1.29 is 5.11 Å². The molecule has 2 aromatic heterocycles. The molecule has 0 aliphatic carbocycles. The van der Waals surface area contributed by atoms with E-state index in [1.54, 1.807) is 11.4 Å². The minimum atomic E-state index is 0.202. The van der Waals surface area contributed by atoms with Crippen LogP contribution in [0.5, 0.6) is 5.75 Å². The molecule has 0 saturated heterocycles. The van der Waals surface area contributed by atoms with Gasteiger partial charge in [0.2, 0.25) is 0 Å². The molecule has 0 saturated carbocycles. The molecule has 0 radical (unpaired) electrons. The van der Waals surface area contributed by atoms with Crippen molar-refractivity contribution in [1.29, 1.82) is 0 Å². The normalized spacial score (nSPS) is 10.2. The Morgan fingerprint density at radius 2 is 2.45 bits per heavy atom. The number of aromatic nitrogens is 4. The molecule has 5 nitrogen and oxygen atoms in total. The fourth-order valence-corrected chi connectivity index (χ4v) is 1.45. The first kappa shape index (κ1) is 6.29. The Morgan fingerprint density at radius 3 is 3.00 bits per heavy atom. The molecule has 2 heterocycles. The summed E-state index contributed by atoms with van der Waals surface area (Å²) in [6.07, 6.45) is 0. The number of nitrogens with one attached hydrogen (secondary N) is 1. The second kappa shape index (κ2) is 2.31. The summed E-state index contributed by atoms with van der Waals surface area (Å²) in [5.41, 5.74) is 0. The van der Waals surface area contributed by atoms with Crippen LogP contribution in [0.2, 0.25) is 0 Å². The molecule has 0 aliphatic rings. The Bertz CT molecular complexity index is 341. The van der Waals surface area contributed by atoms with Gasteiger partial charge in [-0.3, -0.25) is 0 Å². The third kappa shape index (κ3) is 0.966. The standard InChI is InChI=1S/C5H4N4OS/c10-3-1-2-11-4(3)5-6-8-9-7-5/h1-2,10H,(H,6,7,8,9). The van der Waals surface area contributed by atoms with E-state index < -0.39 is 0 Å². The van der Waals surface area contributed by atoms with E-state index in [1.165, 1.54) is 11.3 Å². The van der Waals surface area contributed by atoms with E-state index >= 15 is 0 Å². The summed E-state index contributed by atoms with van der Waals surface area (Å²) in [5, 5.41) is 24.0. The molecule has 2 aromatic rings. The monoisotopic (exact) mass is 168 g/mol. The van der Waals surface area contributed by atoms with Crippen LogP contribution in [0, 0.1) is 0 Å². The molecular weight excluding hydrogens is 164 g/mol. The van der Waals surface area contributed by atoms with Crippen molar-refractivity contribution in [3.8, 4) is 16.5 Å². The second-order valence-corrected chi connectivity index (χ2v) is 2.80. The molecule has 0 aliphatic heterocycles. The van der Waals surface area contributed by atoms with Gasteiger partial charge in [-0.05, 0) is 21.9 Å². The predicted octanol–water partition coefficient (Wildman–Crippen LogP) is 0.634. The van der Waals surface area contributed by atoms with Crippen molar-refractivity contribution in [2.75, 3.05) is 0 Å². The number of aromatic amines is 1. The predicted molar refractivity (Wildman–Crippen MR) is 39.2 cm³/mol. The van der Waals surface area contributed by atoms with Crippen LogP contribution in [-0.4, -0.2) is 25.7 Å². The molecule has 0 spiro atoms. The summed E-state index contributed by atoms with van der Waals surface area (Å²) in [4.78, 5) is 0.662. The Balaban J connectivity index is 2.53. The Kier molecular flexibility index (Phi) is 1.32. The van der Waals surface area contributed by atoms with Crippen LogP contribution in [0.25, 0.3) is 10.7 Å². The average Bonchev–Trinajstić information content (AvgIpc) is 2.55. The number of hydrogen-bond donors (Lipinski definition) is 2. The first-order chi connectivity index (χ1) is 5.38. The highest BCUT2D eigenvalue weighted by Gasteiger charge is 2.07. The van der Waals surface area contributed by atoms with Gasteiger partial charge in [-0.1, -0.05) is 0 Å². The van der Waals surface area contributed by atoms with Gasteiger partial charge in [-0.2, -0.15) is 0 Å². The van der Waals surface area contributed by atoms with Crippen LogP contribution in [-0.2, 0) is 0 Å². The lowest BCUT2D eigenvalue weighted by Gasteiger charge is -1.87. The van der Waals surface area contributed by atoms with Gasteiger partial charge >= 0.3 is 0 Å². The first-order valence-corrected chi connectivity index (χ1v) is 3.76. The molecule has 56 valence electrons. The van der Waals surface area contributed by atoms with Gasteiger partial charge in [0.05, 0.1) is 0 Å². The van der Waals surface area contributed by atoms with Gasteiger partial charge in [0.1, 0.15) is 10.6 Å². The zero-order chi connectivity index (χ0) is 7.68. The average molecular weight is 168 g/mol. The van der Waals surface area contributed by atoms with Crippen molar-refractivity contribution in [2.45, 2.75) is 0 Å². The topological polar surface area (TPSA) is 74.7 Å². The molecule has 0 aromatic carbocycles. The van der Waals surface area contributed by atoms with E-state index in [2.05, 4.69) is 20.6 Å². The quantitative estimate of drug-likeness (QED) is 0.655. The molecule has 0 amide bonds. The minimum absolute atomic E-state index is 0.202. The van der Waals surface area contributed by atoms with Crippen LogP contribution in [0.3, 0.4) is 0 Å². The van der Waals surface area contributed by atoms with Crippen LogP contribution in [0.4, 0.5) is 0 Å². The molecule has 6 heteroatoms. The smallest absolute Gasteiger partial charge is 0.193 e. The second-order valence-electron chi connectivity index (χ2n) is 1.88. The molecule has 2 rings (SSSR count).